The fourth-order valence-electron chi connectivity index (χ4n) is 3.46. The van der Waals surface area contributed by atoms with E-state index in [0.717, 1.165) is 42.2 Å². The molecule has 30 heavy (non-hydrogen) atoms. The van der Waals surface area contributed by atoms with Crippen LogP contribution in [0.2, 0.25) is 0 Å². The van der Waals surface area contributed by atoms with Gasteiger partial charge in [-0.3, -0.25) is 4.79 Å². The first-order chi connectivity index (χ1) is 14.5. The summed E-state index contributed by atoms with van der Waals surface area (Å²) >= 11 is 1.31. The highest BCUT2D eigenvalue weighted by Crippen LogP contribution is 2.24. The summed E-state index contributed by atoms with van der Waals surface area (Å²) in [5.74, 6) is 0.0850. The molecule has 0 radical (unpaired) electrons. The van der Waals surface area contributed by atoms with Crippen molar-refractivity contribution in [2.45, 2.75) is 51.4 Å². The lowest BCUT2D eigenvalue weighted by Gasteiger charge is -2.10. The Labute approximate surface area is 179 Å². The van der Waals surface area contributed by atoms with Gasteiger partial charge in [-0.15, -0.1) is 5.10 Å². The predicted molar refractivity (Wildman–Crippen MR) is 114 cm³/mol. The third-order valence-electron chi connectivity index (χ3n) is 5.07. The van der Waals surface area contributed by atoms with Crippen LogP contribution in [-0.2, 0) is 16.1 Å². The molecule has 1 atom stereocenters. The van der Waals surface area contributed by atoms with Crippen LogP contribution in [0.1, 0.15) is 29.8 Å². The van der Waals surface area contributed by atoms with Gasteiger partial charge >= 0.3 is 0 Å². The lowest BCUT2D eigenvalue weighted by atomic mass is 10.2. The summed E-state index contributed by atoms with van der Waals surface area (Å²) in [7, 11) is 0. The molecule has 9 nitrogen and oxygen atoms in total. The van der Waals surface area contributed by atoms with Crippen molar-refractivity contribution >= 4 is 23.4 Å². The zero-order chi connectivity index (χ0) is 21.1. The van der Waals surface area contributed by atoms with Gasteiger partial charge in [-0.1, -0.05) is 29.5 Å². The van der Waals surface area contributed by atoms with Gasteiger partial charge in [0.2, 0.25) is 11.1 Å². The van der Waals surface area contributed by atoms with Gasteiger partial charge in [0.1, 0.15) is 0 Å². The van der Waals surface area contributed by atoms with E-state index in [2.05, 4.69) is 25.9 Å². The number of anilines is 1. The number of ether oxygens (including phenoxy) is 1. The van der Waals surface area contributed by atoms with E-state index in [1.807, 2.05) is 49.7 Å². The molecule has 1 aromatic carbocycles. The summed E-state index contributed by atoms with van der Waals surface area (Å²) in [4.78, 5) is 12.6. The fourth-order valence-corrected chi connectivity index (χ4v) is 4.15. The van der Waals surface area contributed by atoms with Gasteiger partial charge in [-0.25, -0.2) is 9.36 Å². The van der Waals surface area contributed by atoms with Crippen molar-refractivity contribution in [1.29, 1.82) is 0 Å². The summed E-state index contributed by atoms with van der Waals surface area (Å²) in [5.41, 5.74) is 4.55. The molecule has 0 saturated carbocycles. The third kappa shape index (κ3) is 4.54. The van der Waals surface area contributed by atoms with E-state index in [1.165, 1.54) is 17.3 Å². The number of aryl methyl sites for hydroxylation is 2. The van der Waals surface area contributed by atoms with Crippen LogP contribution < -0.4 is 5.32 Å². The van der Waals surface area contributed by atoms with E-state index >= 15 is 0 Å². The molecule has 0 aliphatic carbocycles. The van der Waals surface area contributed by atoms with E-state index in [4.69, 9.17) is 4.74 Å². The highest BCUT2D eigenvalue weighted by atomic mass is 32.2. The second-order valence-corrected chi connectivity index (χ2v) is 8.35. The minimum absolute atomic E-state index is 0.124. The molecule has 4 rings (SSSR count). The molecule has 1 fully saturated rings. The van der Waals surface area contributed by atoms with Crippen molar-refractivity contribution in [3.63, 3.8) is 0 Å². The first-order valence-electron chi connectivity index (χ1n) is 9.95. The first-order valence-corrected chi connectivity index (χ1v) is 10.9. The number of thioether (sulfide) groups is 1. The van der Waals surface area contributed by atoms with Gasteiger partial charge in [0, 0.05) is 6.61 Å². The molecule has 10 heteroatoms. The van der Waals surface area contributed by atoms with Crippen LogP contribution in [0.15, 0.2) is 29.4 Å². The van der Waals surface area contributed by atoms with Crippen molar-refractivity contribution in [1.82, 2.24) is 30.0 Å². The van der Waals surface area contributed by atoms with Gasteiger partial charge in [0.05, 0.1) is 41.2 Å². The first kappa shape index (κ1) is 20.5. The maximum atomic E-state index is 12.6. The Morgan fingerprint density at radius 3 is 2.80 bits per heavy atom. The van der Waals surface area contributed by atoms with Crippen LogP contribution in [-0.4, -0.2) is 54.4 Å². The molecule has 2 aromatic heterocycles. The Hall–Kier alpha value is -2.72. The molecule has 158 valence electrons. The number of rotatable bonds is 7. The molecule has 1 amide bonds. The molecule has 1 saturated heterocycles. The molecular formula is C20H25N7O2S. The zero-order valence-electron chi connectivity index (χ0n) is 17.3. The van der Waals surface area contributed by atoms with E-state index in [0.29, 0.717) is 11.7 Å². The summed E-state index contributed by atoms with van der Waals surface area (Å²) in [6.45, 7) is 7.28. The smallest absolute Gasteiger partial charge is 0.234 e. The highest BCUT2D eigenvalue weighted by molar-refractivity contribution is 7.99. The molecule has 1 aliphatic heterocycles. The molecule has 1 N–H and O–H groups in total. The molecule has 3 aromatic rings. The molecule has 0 spiro atoms. The lowest BCUT2D eigenvalue weighted by Crippen LogP contribution is -2.18. The van der Waals surface area contributed by atoms with Crippen LogP contribution in [0, 0.1) is 20.8 Å². The average molecular weight is 428 g/mol. The minimum Gasteiger partial charge on any atom is -0.376 e. The van der Waals surface area contributed by atoms with Crippen molar-refractivity contribution < 1.29 is 9.53 Å². The minimum atomic E-state index is -0.124. The lowest BCUT2D eigenvalue weighted by molar-refractivity contribution is -0.113. The second-order valence-electron chi connectivity index (χ2n) is 7.41. The third-order valence-corrected chi connectivity index (χ3v) is 6.02. The summed E-state index contributed by atoms with van der Waals surface area (Å²) in [5, 5.41) is 20.0. The number of carbonyl (C=O) groups excluding carboxylic acids is 1. The number of nitrogens with zero attached hydrogens (tertiary/aromatic N) is 6. The number of benzene rings is 1. The SMILES string of the molecule is Cc1ccc(-n2nc(C)c(NC(=O)CSc3nnnn3CC3CCCO3)c2C)cc1. The number of aromatic nitrogens is 6. The summed E-state index contributed by atoms with van der Waals surface area (Å²) in [6.07, 6.45) is 2.21. The quantitative estimate of drug-likeness (QED) is 0.579. The highest BCUT2D eigenvalue weighted by Gasteiger charge is 2.20. The summed E-state index contributed by atoms with van der Waals surface area (Å²) < 4.78 is 9.20. The van der Waals surface area contributed by atoms with E-state index in [1.54, 1.807) is 4.68 Å². The van der Waals surface area contributed by atoms with Gasteiger partial charge in [0.15, 0.2) is 0 Å². The van der Waals surface area contributed by atoms with Crippen LogP contribution >= 0.6 is 11.8 Å². The number of nitrogens with one attached hydrogen (secondary N) is 1. The van der Waals surface area contributed by atoms with Crippen molar-refractivity contribution in [3.8, 4) is 5.69 Å². The zero-order valence-corrected chi connectivity index (χ0v) is 18.1. The fraction of sp³-hybridized carbons (Fsp3) is 0.450. The number of hydrogen-bond donors (Lipinski definition) is 1. The van der Waals surface area contributed by atoms with Crippen LogP contribution in [0.3, 0.4) is 0 Å². The molecule has 3 heterocycles. The standard InChI is InChI=1S/C20H25N7O2S/c1-13-6-8-16(9-7-13)27-15(3)19(14(2)23-27)21-18(28)12-30-20-22-24-25-26(20)11-17-5-4-10-29-17/h6-9,17H,4-5,10-12H2,1-3H3,(H,21,28). The summed E-state index contributed by atoms with van der Waals surface area (Å²) in [6, 6.07) is 8.12. The Bertz CT molecular complexity index is 1020. The number of amides is 1. The topological polar surface area (TPSA) is 99.8 Å². The number of hydrogen-bond acceptors (Lipinski definition) is 7. The van der Waals surface area contributed by atoms with Crippen LogP contribution in [0.25, 0.3) is 5.69 Å². The molecular weight excluding hydrogens is 402 g/mol. The Balaban J connectivity index is 1.39. The number of tetrazole rings is 1. The van der Waals surface area contributed by atoms with Gasteiger partial charge in [-0.05, 0) is 56.2 Å². The maximum Gasteiger partial charge on any atom is 0.234 e. The Morgan fingerprint density at radius 1 is 1.27 bits per heavy atom. The Kier molecular flexibility index (Phi) is 6.14. The van der Waals surface area contributed by atoms with Crippen molar-refractivity contribution in [2.24, 2.45) is 0 Å². The van der Waals surface area contributed by atoms with E-state index in [-0.39, 0.29) is 17.8 Å². The molecule has 1 aliphatic rings. The van der Waals surface area contributed by atoms with Gasteiger partial charge in [-0.2, -0.15) is 5.10 Å². The van der Waals surface area contributed by atoms with Crippen molar-refractivity contribution in [3.05, 3.63) is 41.2 Å². The average Bonchev–Trinajstić information content (AvgIpc) is 3.46. The van der Waals surface area contributed by atoms with Crippen molar-refractivity contribution in [2.75, 3.05) is 17.7 Å². The predicted octanol–water partition coefficient (Wildman–Crippen LogP) is 2.69. The number of carbonyl (C=O) groups is 1. The normalized spacial score (nSPS) is 16.2. The Morgan fingerprint density at radius 2 is 2.07 bits per heavy atom. The van der Waals surface area contributed by atoms with Crippen LogP contribution in [0.4, 0.5) is 5.69 Å². The maximum absolute atomic E-state index is 12.6. The van der Waals surface area contributed by atoms with Gasteiger partial charge in [0.25, 0.3) is 0 Å². The molecule has 0 bridgehead atoms. The van der Waals surface area contributed by atoms with Crippen LogP contribution in [0.5, 0.6) is 0 Å². The largest absolute Gasteiger partial charge is 0.376 e. The second kappa shape index (κ2) is 8.97. The van der Waals surface area contributed by atoms with E-state index < -0.39 is 0 Å². The van der Waals surface area contributed by atoms with Gasteiger partial charge < -0.3 is 10.1 Å². The monoisotopic (exact) mass is 427 g/mol. The van der Waals surface area contributed by atoms with E-state index in [9.17, 15) is 4.79 Å². The molecule has 1 unspecified atom stereocenters.